The molecule has 6 heteroatoms. The molecule has 1 fully saturated rings. The maximum Gasteiger partial charge on any atom is 0.158 e. The molecule has 0 unspecified atom stereocenters. The molecule has 1 aromatic heterocycles. The van der Waals surface area contributed by atoms with E-state index in [4.69, 9.17) is 4.74 Å². The van der Waals surface area contributed by atoms with Gasteiger partial charge in [-0.1, -0.05) is 30.3 Å². The number of pyridine rings is 1. The third-order valence-electron chi connectivity index (χ3n) is 8.00. The van der Waals surface area contributed by atoms with E-state index in [1.807, 2.05) is 43.3 Å². The lowest BCUT2D eigenvalue weighted by atomic mass is 9.81. The normalized spacial score (nSPS) is 17.8. The fourth-order valence-corrected chi connectivity index (χ4v) is 7.19. The van der Waals surface area contributed by atoms with Crippen molar-refractivity contribution in [2.45, 2.75) is 76.0 Å². The van der Waals surface area contributed by atoms with Crippen LogP contribution in [0.25, 0.3) is 11.3 Å². The van der Waals surface area contributed by atoms with Crippen LogP contribution in [0.3, 0.4) is 0 Å². The van der Waals surface area contributed by atoms with Crippen LogP contribution < -0.4 is 4.74 Å². The second-order valence-electron chi connectivity index (χ2n) is 11.8. The molecular formula is C31H38N2O3S. The summed E-state index contributed by atoms with van der Waals surface area (Å²) in [6, 6.07) is 17.8. The van der Waals surface area contributed by atoms with Gasteiger partial charge in [-0.15, -0.1) is 0 Å². The lowest BCUT2D eigenvalue weighted by molar-refractivity contribution is -0.0355. The molecule has 1 spiro atoms. The Hall–Kier alpha value is -2.70. The van der Waals surface area contributed by atoms with E-state index in [0.29, 0.717) is 5.56 Å². The Morgan fingerprint density at radius 2 is 1.73 bits per heavy atom. The van der Waals surface area contributed by atoms with Crippen molar-refractivity contribution in [1.82, 2.24) is 9.88 Å². The molecule has 2 aliphatic heterocycles. The van der Waals surface area contributed by atoms with Crippen LogP contribution in [0, 0.1) is 6.92 Å². The summed E-state index contributed by atoms with van der Waals surface area (Å²) in [5, 5.41) is 0. The minimum Gasteiger partial charge on any atom is -0.487 e. The number of nitrogens with zero attached hydrogens (tertiary/aromatic N) is 2. The van der Waals surface area contributed by atoms with Crippen LogP contribution in [0.4, 0.5) is 0 Å². The van der Waals surface area contributed by atoms with Crippen molar-refractivity contribution in [2.75, 3.05) is 13.1 Å². The Morgan fingerprint density at radius 1 is 0.973 bits per heavy atom. The quantitative estimate of drug-likeness (QED) is 0.407. The molecule has 0 aliphatic carbocycles. The summed E-state index contributed by atoms with van der Waals surface area (Å²) >= 11 is 0. The summed E-state index contributed by atoms with van der Waals surface area (Å²) in [6.07, 6.45) is 5.89. The maximum absolute atomic E-state index is 12.8. The van der Waals surface area contributed by atoms with Gasteiger partial charge in [0.15, 0.2) is 9.84 Å². The third kappa shape index (κ3) is 5.91. The minimum absolute atomic E-state index is 0.0125. The van der Waals surface area contributed by atoms with Crippen molar-refractivity contribution in [3.05, 3.63) is 83.0 Å². The Kier molecular flexibility index (Phi) is 6.92. The Bertz CT molecular complexity index is 1370. The van der Waals surface area contributed by atoms with Crippen molar-refractivity contribution >= 4 is 9.84 Å². The van der Waals surface area contributed by atoms with Crippen LogP contribution in [-0.4, -0.2) is 42.5 Å². The van der Waals surface area contributed by atoms with Gasteiger partial charge in [0, 0.05) is 30.4 Å². The van der Waals surface area contributed by atoms with Gasteiger partial charge in [0.25, 0.3) is 0 Å². The Labute approximate surface area is 221 Å². The predicted octanol–water partition coefficient (Wildman–Crippen LogP) is 6.13. The van der Waals surface area contributed by atoms with E-state index in [2.05, 4.69) is 48.9 Å². The molecule has 3 aromatic rings. The highest BCUT2D eigenvalue weighted by atomic mass is 32.2. The third-order valence-corrected chi connectivity index (χ3v) is 9.53. The van der Waals surface area contributed by atoms with E-state index in [1.165, 1.54) is 5.56 Å². The van der Waals surface area contributed by atoms with Gasteiger partial charge in [0.1, 0.15) is 11.4 Å². The number of fused-ring (bicyclic) bond motifs is 1. The van der Waals surface area contributed by atoms with Gasteiger partial charge < -0.3 is 4.74 Å². The number of ether oxygens (including phenoxy) is 1. The number of aromatic nitrogens is 1. The average Bonchev–Trinajstić information content (AvgIpc) is 2.85. The van der Waals surface area contributed by atoms with Crippen LogP contribution in [0.2, 0.25) is 0 Å². The molecule has 1 saturated heterocycles. The summed E-state index contributed by atoms with van der Waals surface area (Å²) in [5.41, 5.74) is 5.84. The average molecular weight is 519 g/mol. The molecule has 0 bridgehead atoms. The van der Waals surface area contributed by atoms with E-state index < -0.39 is 9.84 Å². The van der Waals surface area contributed by atoms with Gasteiger partial charge >= 0.3 is 0 Å². The zero-order valence-electron chi connectivity index (χ0n) is 22.5. The molecule has 0 amide bonds. The molecule has 0 N–H and O–H groups in total. The largest absolute Gasteiger partial charge is 0.487 e. The van der Waals surface area contributed by atoms with E-state index in [-0.39, 0.29) is 22.6 Å². The van der Waals surface area contributed by atoms with Gasteiger partial charge in [0.05, 0.1) is 17.2 Å². The van der Waals surface area contributed by atoms with Crippen molar-refractivity contribution in [3.8, 4) is 17.0 Å². The van der Waals surface area contributed by atoms with E-state index in [9.17, 15) is 8.42 Å². The first-order valence-corrected chi connectivity index (χ1v) is 15.1. The first-order valence-electron chi connectivity index (χ1n) is 13.3. The van der Waals surface area contributed by atoms with Crippen LogP contribution in [0.5, 0.6) is 5.75 Å². The second-order valence-corrected chi connectivity index (χ2v) is 13.8. The number of hydrogen-bond donors (Lipinski definition) is 0. The first kappa shape index (κ1) is 25.9. The van der Waals surface area contributed by atoms with Crippen LogP contribution in [0.1, 0.15) is 62.3 Å². The predicted molar refractivity (Wildman–Crippen MR) is 149 cm³/mol. The fraction of sp³-hybridized carbons (Fsp3) is 0.452. The first-order chi connectivity index (χ1) is 17.5. The number of aryl methyl sites for hydroxylation is 2. The van der Waals surface area contributed by atoms with Crippen molar-refractivity contribution < 1.29 is 13.2 Å². The summed E-state index contributed by atoms with van der Waals surface area (Å²) < 4.78 is 32.2. The smallest absolute Gasteiger partial charge is 0.158 e. The summed E-state index contributed by atoms with van der Waals surface area (Å²) in [4.78, 5) is 7.17. The lowest BCUT2D eigenvalue weighted by Gasteiger charge is -2.48. The monoisotopic (exact) mass is 518 g/mol. The number of sulfone groups is 1. The molecule has 0 radical (unpaired) electrons. The van der Waals surface area contributed by atoms with Crippen molar-refractivity contribution in [1.29, 1.82) is 0 Å². The highest BCUT2D eigenvalue weighted by Crippen LogP contribution is 2.41. The van der Waals surface area contributed by atoms with E-state index >= 15 is 0 Å². The molecule has 0 atom stereocenters. The van der Waals surface area contributed by atoms with Crippen molar-refractivity contribution in [3.63, 3.8) is 0 Å². The number of hydrogen-bond acceptors (Lipinski definition) is 5. The standard InChI is InChI=1S/C31H38N2O3S/c1-23-7-5-6-8-27(23)22-37(34,35)21-24-9-11-28(32-20-24)25-10-12-29-26(19-25)13-14-31(36-29)15-17-33(18-16-31)30(2,3)4/h5-12,19-20H,13-18,21-22H2,1-4H3. The molecule has 0 saturated carbocycles. The number of rotatable bonds is 5. The van der Waals surface area contributed by atoms with Gasteiger partial charge in [-0.3, -0.25) is 9.88 Å². The molecule has 5 nitrogen and oxygen atoms in total. The molecule has 2 aromatic carbocycles. The Balaban J connectivity index is 1.25. The highest BCUT2D eigenvalue weighted by Gasteiger charge is 2.41. The molecular weight excluding hydrogens is 480 g/mol. The molecule has 5 rings (SSSR count). The zero-order chi connectivity index (χ0) is 26.3. The Morgan fingerprint density at radius 3 is 2.41 bits per heavy atom. The number of piperidine rings is 1. The molecule has 2 aliphatic rings. The van der Waals surface area contributed by atoms with Gasteiger partial charge in [-0.25, -0.2) is 8.42 Å². The van der Waals surface area contributed by atoms with E-state index in [0.717, 1.165) is 66.9 Å². The zero-order valence-corrected chi connectivity index (χ0v) is 23.3. The topological polar surface area (TPSA) is 59.5 Å². The van der Waals surface area contributed by atoms with Gasteiger partial charge in [0.2, 0.25) is 0 Å². The number of benzene rings is 2. The van der Waals surface area contributed by atoms with Crippen LogP contribution in [-0.2, 0) is 27.8 Å². The second kappa shape index (κ2) is 9.88. The van der Waals surface area contributed by atoms with E-state index in [1.54, 1.807) is 6.20 Å². The number of likely N-dealkylation sites (tertiary alicyclic amines) is 1. The molecule has 196 valence electrons. The minimum atomic E-state index is -3.28. The maximum atomic E-state index is 12.8. The highest BCUT2D eigenvalue weighted by molar-refractivity contribution is 7.89. The molecule has 37 heavy (non-hydrogen) atoms. The summed E-state index contributed by atoms with van der Waals surface area (Å²) in [5.74, 6) is 1.03. The summed E-state index contributed by atoms with van der Waals surface area (Å²) in [6.45, 7) is 11.0. The lowest BCUT2D eigenvalue weighted by Crippen LogP contribution is -2.54. The fourth-order valence-electron chi connectivity index (χ4n) is 5.61. The van der Waals surface area contributed by atoms with Crippen molar-refractivity contribution in [2.24, 2.45) is 0 Å². The molecule has 3 heterocycles. The van der Waals surface area contributed by atoms with Gasteiger partial charge in [-0.2, -0.15) is 0 Å². The van der Waals surface area contributed by atoms with Crippen LogP contribution in [0.15, 0.2) is 60.8 Å². The summed E-state index contributed by atoms with van der Waals surface area (Å²) in [7, 11) is -3.28. The SMILES string of the molecule is Cc1ccccc1CS(=O)(=O)Cc1ccc(-c2ccc3c(c2)CCC2(CCN(C(C)(C)C)CC2)O3)nc1. The van der Waals surface area contributed by atoms with Gasteiger partial charge in [-0.05, 0) is 99.9 Å². The van der Waals surface area contributed by atoms with Crippen LogP contribution >= 0.6 is 0 Å².